The van der Waals surface area contributed by atoms with E-state index in [0.717, 1.165) is 25.4 Å². The maximum absolute atomic E-state index is 5.67. The Hall–Kier alpha value is -1.64. The van der Waals surface area contributed by atoms with Crippen LogP contribution in [0, 0.1) is 6.92 Å². The molecule has 2 rings (SSSR count). The smallest absolute Gasteiger partial charge is 0.142 e. The van der Waals surface area contributed by atoms with E-state index in [2.05, 4.69) is 42.3 Å². The van der Waals surface area contributed by atoms with Crippen molar-refractivity contribution >= 4 is 5.69 Å². The van der Waals surface area contributed by atoms with Crippen LogP contribution in [0.2, 0.25) is 0 Å². The second-order valence-corrected chi connectivity index (χ2v) is 4.52. The van der Waals surface area contributed by atoms with Gasteiger partial charge >= 0.3 is 0 Å². The van der Waals surface area contributed by atoms with E-state index < -0.39 is 0 Å². The lowest BCUT2D eigenvalue weighted by atomic mass is 10.1. The molecule has 0 aromatic heterocycles. The summed E-state index contributed by atoms with van der Waals surface area (Å²) in [5.41, 5.74) is 3.80. The Morgan fingerprint density at radius 2 is 2.35 bits per heavy atom. The van der Waals surface area contributed by atoms with Crippen LogP contribution in [-0.4, -0.2) is 26.7 Å². The topological polar surface area (TPSA) is 24.5 Å². The number of anilines is 1. The standard InChI is InChI=1S/C14H20N2O/c1-11-4-5-14-13(8-11)16(6-7-17-14)10-12(2)9-15-3/h4-5,8-9,15H,6-7,10H2,1-3H3/b12-9+. The van der Waals surface area contributed by atoms with Crippen molar-refractivity contribution in [1.82, 2.24) is 5.32 Å². The van der Waals surface area contributed by atoms with Crippen molar-refractivity contribution in [3.63, 3.8) is 0 Å². The summed E-state index contributed by atoms with van der Waals surface area (Å²) in [7, 11) is 1.93. The van der Waals surface area contributed by atoms with Gasteiger partial charge in [-0.25, -0.2) is 0 Å². The normalized spacial score (nSPS) is 15.2. The van der Waals surface area contributed by atoms with Crippen molar-refractivity contribution < 1.29 is 4.74 Å². The molecule has 0 saturated heterocycles. The van der Waals surface area contributed by atoms with Gasteiger partial charge in [0.1, 0.15) is 12.4 Å². The monoisotopic (exact) mass is 232 g/mol. The number of aryl methyl sites for hydroxylation is 1. The SMILES string of the molecule is CN/C=C(\C)CN1CCOc2ccc(C)cc21. The lowest BCUT2D eigenvalue weighted by Gasteiger charge is -2.31. The number of nitrogens with zero attached hydrogens (tertiary/aromatic N) is 1. The predicted molar refractivity (Wildman–Crippen MR) is 71.7 cm³/mol. The zero-order valence-corrected chi connectivity index (χ0v) is 10.8. The van der Waals surface area contributed by atoms with Gasteiger partial charge < -0.3 is 15.0 Å². The number of hydrogen-bond acceptors (Lipinski definition) is 3. The fourth-order valence-corrected chi connectivity index (χ4v) is 2.14. The largest absolute Gasteiger partial charge is 0.490 e. The van der Waals surface area contributed by atoms with E-state index in [1.807, 2.05) is 13.2 Å². The minimum Gasteiger partial charge on any atom is -0.490 e. The summed E-state index contributed by atoms with van der Waals surface area (Å²) < 4.78 is 5.67. The number of benzene rings is 1. The van der Waals surface area contributed by atoms with E-state index in [9.17, 15) is 0 Å². The average molecular weight is 232 g/mol. The van der Waals surface area contributed by atoms with Crippen LogP contribution in [0.15, 0.2) is 30.0 Å². The summed E-state index contributed by atoms with van der Waals surface area (Å²) in [5, 5.41) is 3.07. The van der Waals surface area contributed by atoms with E-state index in [-0.39, 0.29) is 0 Å². The molecule has 0 spiro atoms. The van der Waals surface area contributed by atoms with Gasteiger partial charge in [0.05, 0.1) is 12.2 Å². The molecule has 1 aromatic carbocycles. The molecule has 1 aliphatic heterocycles. The molecular formula is C14H20N2O. The van der Waals surface area contributed by atoms with Crippen LogP contribution in [-0.2, 0) is 0 Å². The summed E-state index contributed by atoms with van der Waals surface area (Å²) in [6, 6.07) is 6.35. The van der Waals surface area contributed by atoms with Crippen LogP contribution < -0.4 is 15.0 Å². The van der Waals surface area contributed by atoms with E-state index in [0.29, 0.717) is 0 Å². The number of hydrogen-bond donors (Lipinski definition) is 1. The molecule has 17 heavy (non-hydrogen) atoms. The van der Waals surface area contributed by atoms with Crippen molar-refractivity contribution in [3.8, 4) is 5.75 Å². The van der Waals surface area contributed by atoms with Gasteiger partial charge in [0.25, 0.3) is 0 Å². The Morgan fingerprint density at radius 1 is 1.53 bits per heavy atom. The quantitative estimate of drug-likeness (QED) is 0.865. The lowest BCUT2D eigenvalue weighted by molar-refractivity contribution is 0.309. The fraction of sp³-hybridized carbons (Fsp3) is 0.429. The highest BCUT2D eigenvalue weighted by atomic mass is 16.5. The highest BCUT2D eigenvalue weighted by Crippen LogP contribution is 2.32. The summed E-state index contributed by atoms with van der Waals surface area (Å²) >= 11 is 0. The van der Waals surface area contributed by atoms with Gasteiger partial charge in [0.2, 0.25) is 0 Å². The fourth-order valence-electron chi connectivity index (χ4n) is 2.14. The Balaban J connectivity index is 2.22. The first-order valence-electron chi connectivity index (χ1n) is 6.02. The molecule has 1 aliphatic rings. The van der Waals surface area contributed by atoms with Crippen LogP contribution in [0.1, 0.15) is 12.5 Å². The van der Waals surface area contributed by atoms with Gasteiger partial charge in [-0.1, -0.05) is 6.07 Å². The van der Waals surface area contributed by atoms with Crippen LogP contribution in [0.3, 0.4) is 0 Å². The molecular weight excluding hydrogens is 212 g/mol. The van der Waals surface area contributed by atoms with E-state index in [4.69, 9.17) is 4.74 Å². The van der Waals surface area contributed by atoms with Gasteiger partial charge in [-0.3, -0.25) is 0 Å². The predicted octanol–water partition coefficient (Wildman–Crippen LogP) is 2.32. The molecule has 0 bridgehead atoms. The zero-order valence-electron chi connectivity index (χ0n) is 10.8. The second-order valence-electron chi connectivity index (χ2n) is 4.52. The van der Waals surface area contributed by atoms with Crippen molar-refractivity contribution in [3.05, 3.63) is 35.5 Å². The highest BCUT2D eigenvalue weighted by molar-refractivity contribution is 5.61. The Kier molecular flexibility index (Phi) is 3.57. The van der Waals surface area contributed by atoms with Crippen molar-refractivity contribution in [2.24, 2.45) is 0 Å². The molecule has 3 nitrogen and oxygen atoms in total. The Bertz CT molecular complexity index is 426. The first-order chi connectivity index (χ1) is 8.20. The molecule has 0 saturated carbocycles. The molecule has 1 heterocycles. The maximum Gasteiger partial charge on any atom is 0.142 e. The molecule has 0 unspecified atom stereocenters. The molecule has 0 atom stereocenters. The molecule has 1 N–H and O–H groups in total. The molecule has 92 valence electrons. The van der Waals surface area contributed by atoms with Crippen LogP contribution in [0.25, 0.3) is 0 Å². The number of rotatable bonds is 3. The minimum absolute atomic E-state index is 0.767. The summed E-state index contributed by atoms with van der Waals surface area (Å²) in [6.07, 6.45) is 2.05. The van der Waals surface area contributed by atoms with Gasteiger partial charge in [-0.15, -0.1) is 0 Å². The molecule has 0 amide bonds. The summed E-state index contributed by atoms with van der Waals surface area (Å²) in [6.45, 7) is 6.92. The highest BCUT2D eigenvalue weighted by Gasteiger charge is 2.17. The number of fused-ring (bicyclic) bond motifs is 1. The third kappa shape index (κ3) is 2.73. The van der Waals surface area contributed by atoms with Gasteiger partial charge in [0, 0.05) is 13.6 Å². The third-order valence-electron chi connectivity index (χ3n) is 2.90. The first kappa shape index (κ1) is 11.8. The second kappa shape index (κ2) is 5.13. The summed E-state index contributed by atoms with van der Waals surface area (Å²) in [4.78, 5) is 2.37. The number of nitrogens with one attached hydrogen (secondary N) is 1. The zero-order chi connectivity index (χ0) is 12.3. The van der Waals surface area contributed by atoms with E-state index in [1.54, 1.807) is 0 Å². The van der Waals surface area contributed by atoms with Crippen LogP contribution in [0.5, 0.6) is 5.75 Å². The minimum atomic E-state index is 0.767. The molecule has 3 heteroatoms. The average Bonchev–Trinajstić information content (AvgIpc) is 2.30. The maximum atomic E-state index is 5.67. The molecule has 0 radical (unpaired) electrons. The third-order valence-corrected chi connectivity index (χ3v) is 2.90. The number of ether oxygens (including phenoxy) is 1. The summed E-state index contributed by atoms with van der Waals surface area (Å²) in [5.74, 6) is 0.999. The van der Waals surface area contributed by atoms with Gasteiger partial charge in [-0.2, -0.15) is 0 Å². The Labute approximate surface area is 103 Å². The van der Waals surface area contributed by atoms with Crippen molar-refractivity contribution in [1.29, 1.82) is 0 Å². The van der Waals surface area contributed by atoms with Gasteiger partial charge in [-0.05, 0) is 43.3 Å². The van der Waals surface area contributed by atoms with Crippen LogP contribution >= 0.6 is 0 Å². The van der Waals surface area contributed by atoms with E-state index in [1.165, 1.54) is 16.8 Å². The molecule has 1 aromatic rings. The molecule has 0 aliphatic carbocycles. The van der Waals surface area contributed by atoms with Crippen LogP contribution in [0.4, 0.5) is 5.69 Å². The molecule has 0 fully saturated rings. The first-order valence-corrected chi connectivity index (χ1v) is 6.02. The van der Waals surface area contributed by atoms with E-state index >= 15 is 0 Å². The lowest BCUT2D eigenvalue weighted by Crippen LogP contribution is -2.34. The van der Waals surface area contributed by atoms with Crippen molar-refractivity contribution in [2.45, 2.75) is 13.8 Å². The van der Waals surface area contributed by atoms with Crippen molar-refractivity contribution in [2.75, 3.05) is 31.6 Å². The Morgan fingerprint density at radius 3 is 3.12 bits per heavy atom. The van der Waals surface area contributed by atoms with Gasteiger partial charge in [0.15, 0.2) is 0 Å².